The number of aryl methyl sites for hydroxylation is 3. The summed E-state index contributed by atoms with van der Waals surface area (Å²) in [5.74, 6) is 2.46. The van der Waals surface area contributed by atoms with Crippen LogP contribution in [0.3, 0.4) is 0 Å². The van der Waals surface area contributed by atoms with Gasteiger partial charge in [0, 0.05) is 31.2 Å². The highest BCUT2D eigenvalue weighted by Gasteiger charge is 2.22. The molecule has 0 bridgehead atoms. The first kappa shape index (κ1) is 16.0. The molecule has 5 heteroatoms. The summed E-state index contributed by atoms with van der Waals surface area (Å²) in [6, 6.07) is 4.39. The highest BCUT2D eigenvalue weighted by atomic mass is 16.5. The van der Waals surface area contributed by atoms with Crippen LogP contribution in [0.1, 0.15) is 29.0 Å². The molecular weight excluding hydrogens is 290 g/mol. The maximum absolute atomic E-state index is 5.98. The minimum atomic E-state index is 0.285. The van der Waals surface area contributed by atoms with E-state index in [0.29, 0.717) is 5.89 Å². The Bertz CT molecular complexity index is 709. The second-order valence-corrected chi connectivity index (χ2v) is 6.44. The number of oxazole rings is 1. The zero-order valence-corrected chi connectivity index (χ0v) is 14.3. The molecule has 124 valence electrons. The minimum absolute atomic E-state index is 0.285. The van der Waals surface area contributed by atoms with Crippen molar-refractivity contribution in [2.24, 2.45) is 5.73 Å². The molecule has 1 atom stereocenters. The molecule has 1 aromatic heterocycles. The highest BCUT2D eigenvalue weighted by molar-refractivity contribution is 5.62. The van der Waals surface area contributed by atoms with Crippen molar-refractivity contribution in [3.63, 3.8) is 0 Å². The van der Waals surface area contributed by atoms with Gasteiger partial charge in [-0.2, -0.15) is 0 Å². The van der Waals surface area contributed by atoms with Gasteiger partial charge >= 0.3 is 0 Å². The van der Waals surface area contributed by atoms with E-state index in [1.807, 2.05) is 19.9 Å². The fraction of sp³-hybridized carbons (Fsp3) is 0.500. The Hall–Kier alpha value is -1.85. The van der Waals surface area contributed by atoms with Gasteiger partial charge in [0.05, 0.1) is 12.8 Å². The maximum atomic E-state index is 5.98. The number of methoxy groups -OCH3 is 1. The Morgan fingerprint density at radius 1 is 1.30 bits per heavy atom. The first-order valence-electron chi connectivity index (χ1n) is 8.07. The third-order valence-corrected chi connectivity index (χ3v) is 4.55. The second-order valence-electron chi connectivity index (χ2n) is 6.44. The molecule has 0 saturated carbocycles. The van der Waals surface area contributed by atoms with Crippen LogP contribution < -0.4 is 10.5 Å². The van der Waals surface area contributed by atoms with Crippen LogP contribution in [-0.2, 0) is 6.54 Å². The summed E-state index contributed by atoms with van der Waals surface area (Å²) in [5.41, 5.74) is 10.2. The summed E-state index contributed by atoms with van der Waals surface area (Å²) in [6.07, 6.45) is 1.06. The summed E-state index contributed by atoms with van der Waals surface area (Å²) in [4.78, 5) is 7.07. The third kappa shape index (κ3) is 3.26. The standard InChI is InChI=1S/C18H25N3O2/c1-11-8-17(22-4)12(2)7-15(11)18-20-16(13(3)23-18)10-21-6-5-14(19)9-21/h7-8,14H,5-6,9-10,19H2,1-4H3/t14-/m1/s1. The third-order valence-electron chi connectivity index (χ3n) is 4.55. The SMILES string of the molecule is COc1cc(C)c(-c2nc(CN3CC[C@@H](N)C3)c(C)o2)cc1C. The Labute approximate surface area is 137 Å². The smallest absolute Gasteiger partial charge is 0.226 e. The summed E-state index contributed by atoms with van der Waals surface area (Å²) in [5, 5.41) is 0. The van der Waals surface area contributed by atoms with Crippen LogP contribution in [-0.4, -0.2) is 36.1 Å². The molecule has 5 nitrogen and oxygen atoms in total. The van der Waals surface area contributed by atoms with Crippen LogP contribution in [0.4, 0.5) is 0 Å². The Kier molecular flexibility index (Phi) is 4.41. The lowest BCUT2D eigenvalue weighted by Crippen LogP contribution is -2.26. The lowest BCUT2D eigenvalue weighted by molar-refractivity contribution is 0.321. The Balaban J connectivity index is 1.87. The molecule has 0 radical (unpaired) electrons. The quantitative estimate of drug-likeness (QED) is 0.940. The van der Waals surface area contributed by atoms with Gasteiger partial charge in [-0.05, 0) is 50.5 Å². The van der Waals surface area contributed by atoms with E-state index in [1.54, 1.807) is 7.11 Å². The first-order chi connectivity index (χ1) is 11.0. The molecule has 1 aromatic carbocycles. The molecule has 2 heterocycles. The van der Waals surface area contributed by atoms with Crippen molar-refractivity contribution < 1.29 is 9.15 Å². The molecule has 0 unspecified atom stereocenters. The molecule has 2 N–H and O–H groups in total. The number of aromatic nitrogens is 1. The molecule has 2 aromatic rings. The average molecular weight is 315 g/mol. The van der Waals surface area contributed by atoms with Gasteiger partial charge in [-0.25, -0.2) is 4.98 Å². The van der Waals surface area contributed by atoms with Crippen molar-refractivity contribution in [3.8, 4) is 17.2 Å². The molecule has 1 saturated heterocycles. The maximum Gasteiger partial charge on any atom is 0.226 e. The van der Waals surface area contributed by atoms with Crippen LogP contribution in [0.15, 0.2) is 16.5 Å². The van der Waals surface area contributed by atoms with Gasteiger partial charge in [0.1, 0.15) is 11.5 Å². The van der Waals surface area contributed by atoms with Crippen molar-refractivity contribution >= 4 is 0 Å². The fourth-order valence-electron chi connectivity index (χ4n) is 3.15. The number of nitrogens with two attached hydrogens (primary N) is 1. The van der Waals surface area contributed by atoms with Gasteiger partial charge in [0.2, 0.25) is 5.89 Å². The predicted molar refractivity (Wildman–Crippen MR) is 90.6 cm³/mol. The molecule has 3 rings (SSSR count). The van der Waals surface area contributed by atoms with E-state index in [1.165, 1.54) is 0 Å². The van der Waals surface area contributed by atoms with Gasteiger partial charge in [-0.15, -0.1) is 0 Å². The van der Waals surface area contributed by atoms with Crippen molar-refractivity contribution in [3.05, 3.63) is 34.7 Å². The topological polar surface area (TPSA) is 64.5 Å². The normalized spacial score (nSPS) is 18.6. The average Bonchev–Trinajstić information content (AvgIpc) is 3.08. The number of ether oxygens (including phenoxy) is 1. The van der Waals surface area contributed by atoms with Crippen LogP contribution >= 0.6 is 0 Å². The number of hydrogen-bond acceptors (Lipinski definition) is 5. The summed E-state index contributed by atoms with van der Waals surface area (Å²) in [6.45, 7) is 8.83. The van der Waals surface area contributed by atoms with Gasteiger partial charge in [-0.3, -0.25) is 4.90 Å². The molecule has 23 heavy (non-hydrogen) atoms. The largest absolute Gasteiger partial charge is 0.496 e. The monoisotopic (exact) mass is 315 g/mol. The number of benzene rings is 1. The van der Waals surface area contributed by atoms with E-state index >= 15 is 0 Å². The number of likely N-dealkylation sites (tertiary alicyclic amines) is 1. The Morgan fingerprint density at radius 2 is 2.09 bits per heavy atom. The molecule has 1 fully saturated rings. The van der Waals surface area contributed by atoms with E-state index < -0.39 is 0 Å². The number of nitrogens with zero attached hydrogens (tertiary/aromatic N) is 2. The van der Waals surface area contributed by atoms with Crippen LogP contribution in [0.2, 0.25) is 0 Å². The van der Waals surface area contributed by atoms with Crippen LogP contribution in [0, 0.1) is 20.8 Å². The van der Waals surface area contributed by atoms with Gasteiger partial charge in [0.15, 0.2) is 0 Å². The van der Waals surface area contributed by atoms with Crippen molar-refractivity contribution in [2.45, 2.75) is 39.8 Å². The second kappa shape index (κ2) is 6.34. The molecule has 1 aliphatic rings. The van der Waals surface area contributed by atoms with Crippen molar-refractivity contribution in [2.75, 3.05) is 20.2 Å². The molecule has 1 aliphatic heterocycles. The van der Waals surface area contributed by atoms with Gasteiger partial charge in [0.25, 0.3) is 0 Å². The molecule has 0 amide bonds. The van der Waals surface area contributed by atoms with E-state index in [4.69, 9.17) is 19.9 Å². The zero-order chi connectivity index (χ0) is 16.6. The van der Waals surface area contributed by atoms with E-state index in [0.717, 1.165) is 59.9 Å². The van der Waals surface area contributed by atoms with Gasteiger partial charge < -0.3 is 14.9 Å². The minimum Gasteiger partial charge on any atom is -0.496 e. The number of rotatable bonds is 4. The molecule has 0 aliphatic carbocycles. The summed E-state index contributed by atoms with van der Waals surface area (Å²) < 4.78 is 11.3. The Morgan fingerprint density at radius 3 is 2.74 bits per heavy atom. The summed E-state index contributed by atoms with van der Waals surface area (Å²) >= 11 is 0. The number of hydrogen-bond donors (Lipinski definition) is 1. The first-order valence-corrected chi connectivity index (χ1v) is 8.07. The lowest BCUT2D eigenvalue weighted by atomic mass is 10.0. The van der Waals surface area contributed by atoms with E-state index in [9.17, 15) is 0 Å². The van der Waals surface area contributed by atoms with E-state index in [2.05, 4.69) is 17.9 Å². The van der Waals surface area contributed by atoms with E-state index in [-0.39, 0.29) is 6.04 Å². The van der Waals surface area contributed by atoms with Gasteiger partial charge in [-0.1, -0.05) is 0 Å². The summed E-state index contributed by atoms with van der Waals surface area (Å²) in [7, 11) is 1.69. The van der Waals surface area contributed by atoms with Crippen LogP contribution in [0.25, 0.3) is 11.5 Å². The molecule has 0 spiro atoms. The van der Waals surface area contributed by atoms with Crippen molar-refractivity contribution in [1.29, 1.82) is 0 Å². The zero-order valence-electron chi connectivity index (χ0n) is 14.3. The fourth-order valence-corrected chi connectivity index (χ4v) is 3.15. The van der Waals surface area contributed by atoms with Crippen molar-refractivity contribution in [1.82, 2.24) is 9.88 Å². The lowest BCUT2D eigenvalue weighted by Gasteiger charge is -2.13. The predicted octanol–water partition coefficient (Wildman–Crippen LogP) is 2.81. The highest BCUT2D eigenvalue weighted by Crippen LogP contribution is 2.31. The molecular formula is C18H25N3O2. The van der Waals surface area contributed by atoms with Crippen LogP contribution in [0.5, 0.6) is 5.75 Å².